The summed E-state index contributed by atoms with van der Waals surface area (Å²) in [5.41, 5.74) is 0. The van der Waals surface area contributed by atoms with Crippen LogP contribution in [-0.4, -0.2) is 83.5 Å². The third-order valence-corrected chi connectivity index (χ3v) is 9.04. The van der Waals surface area contributed by atoms with Crippen LogP contribution in [0.5, 0.6) is 0 Å². The standard InChI is InChI=1S/C23H37N3O7S3/c1-4-14(2)21-18(27)12-20(29)33-15-7-5-6-9-35-36-13-17(23(31)26-21)25-22(30)16(8-10-34-32-3)24-19(28)11-15/h5,7,14-18,21,27H,4,6,8-13H2,1-3H3,(H,24,28)(H,25,30)(H,26,31)/b7-5-/t14?,15-,16-,17-,18+,21-/m1/s1. The summed E-state index contributed by atoms with van der Waals surface area (Å²) >= 11 is 1.15. The van der Waals surface area contributed by atoms with Crippen molar-refractivity contribution in [1.29, 1.82) is 0 Å². The molecule has 4 N–H and O–H groups in total. The van der Waals surface area contributed by atoms with Crippen molar-refractivity contribution < 1.29 is 33.2 Å². The summed E-state index contributed by atoms with van der Waals surface area (Å²) in [6.07, 6.45) is 2.59. The van der Waals surface area contributed by atoms with Crippen LogP contribution in [-0.2, 0) is 28.1 Å². The molecule has 0 saturated carbocycles. The predicted octanol–water partition coefficient (Wildman–Crippen LogP) is 1.58. The van der Waals surface area contributed by atoms with Crippen molar-refractivity contribution in [2.75, 3.05) is 24.4 Å². The molecule has 2 rings (SSSR count). The minimum atomic E-state index is -1.19. The quantitative estimate of drug-likeness (QED) is 0.124. The third-order valence-electron chi connectivity index (χ3n) is 5.95. The van der Waals surface area contributed by atoms with Crippen LogP contribution in [0.4, 0.5) is 0 Å². The smallest absolute Gasteiger partial charge is 0.309 e. The molecule has 1 unspecified atom stereocenters. The van der Waals surface area contributed by atoms with Crippen LogP contribution < -0.4 is 16.0 Å². The van der Waals surface area contributed by atoms with Crippen molar-refractivity contribution in [3.63, 3.8) is 0 Å². The fourth-order valence-electron chi connectivity index (χ4n) is 3.75. The van der Waals surface area contributed by atoms with Gasteiger partial charge in [0.05, 0.1) is 32.1 Å². The maximum absolute atomic E-state index is 13.3. The Morgan fingerprint density at radius 3 is 2.67 bits per heavy atom. The lowest BCUT2D eigenvalue weighted by Crippen LogP contribution is -2.58. The zero-order valence-corrected chi connectivity index (χ0v) is 23.3. The summed E-state index contributed by atoms with van der Waals surface area (Å²) in [7, 11) is 4.54. The van der Waals surface area contributed by atoms with Crippen LogP contribution >= 0.6 is 33.6 Å². The van der Waals surface area contributed by atoms with Gasteiger partial charge >= 0.3 is 5.97 Å². The number of rotatable bonds is 6. The van der Waals surface area contributed by atoms with Crippen molar-refractivity contribution in [3.05, 3.63) is 12.2 Å². The zero-order valence-electron chi connectivity index (χ0n) is 20.9. The average molecular weight is 564 g/mol. The SMILES string of the molecule is CCC(C)[C@H]1NC(=O)[C@H]2CSSCC/C=C\[C@H](CC(=O)N[C@H](CCSOC)C(=O)N2)OC(=O)C[C@@H]1O. The first kappa shape index (κ1) is 30.8. The van der Waals surface area contributed by atoms with Crippen molar-refractivity contribution in [2.24, 2.45) is 5.92 Å². The van der Waals surface area contributed by atoms with Gasteiger partial charge in [-0.2, -0.15) is 0 Å². The van der Waals surface area contributed by atoms with E-state index in [-0.39, 0.29) is 25.2 Å². The normalized spacial score (nSPS) is 30.9. The molecular weight excluding hydrogens is 526 g/mol. The highest BCUT2D eigenvalue weighted by Crippen LogP contribution is 2.24. The molecule has 2 aliphatic rings. The summed E-state index contributed by atoms with van der Waals surface area (Å²) in [6, 6.07) is -2.51. The number of allylic oxidation sites excluding steroid dienone is 1. The second-order valence-corrected chi connectivity index (χ2v) is 12.3. The van der Waals surface area contributed by atoms with Crippen molar-refractivity contribution in [3.8, 4) is 0 Å². The van der Waals surface area contributed by atoms with Gasteiger partial charge in [-0.3, -0.25) is 19.2 Å². The summed E-state index contributed by atoms with van der Waals surface area (Å²) in [5.74, 6) is -0.732. The highest BCUT2D eigenvalue weighted by atomic mass is 33.1. The Morgan fingerprint density at radius 2 is 1.94 bits per heavy atom. The molecule has 1 fully saturated rings. The number of fused-ring (bicyclic) bond motifs is 7. The Labute approximate surface area is 224 Å². The van der Waals surface area contributed by atoms with E-state index in [2.05, 4.69) is 16.0 Å². The van der Waals surface area contributed by atoms with Gasteiger partial charge < -0.3 is 30.0 Å². The molecule has 6 atom stereocenters. The number of hydrogen-bond donors (Lipinski definition) is 4. The van der Waals surface area contributed by atoms with Gasteiger partial charge in [-0.25, -0.2) is 0 Å². The molecule has 2 bridgehead atoms. The second-order valence-electron chi connectivity index (χ2n) is 8.71. The number of carbonyl (C=O) groups excluding carboxylic acids is 4. The lowest BCUT2D eigenvalue weighted by molar-refractivity contribution is -0.151. The Balaban J connectivity index is 2.45. The number of esters is 1. The Morgan fingerprint density at radius 1 is 1.17 bits per heavy atom. The van der Waals surface area contributed by atoms with Crippen molar-refractivity contribution in [1.82, 2.24) is 16.0 Å². The highest BCUT2D eigenvalue weighted by molar-refractivity contribution is 8.76. The van der Waals surface area contributed by atoms with E-state index >= 15 is 0 Å². The Bertz CT molecular complexity index is 786. The molecule has 0 aromatic heterocycles. The molecule has 1 saturated heterocycles. The van der Waals surface area contributed by atoms with E-state index in [1.54, 1.807) is 16.9 Å². The number of carbonyl (C=O) groups is 4. The van der Waals surface area contributed by atoms with Crippen molar-refractivity contribution >= 4 is 57.3 Å². The number of nitrogens with one attached hydrogen (secondary N) is 3. The number of amides is 3. The Kier molecular flexibility index (Phi) is 14.1. The minimum absolute atomic E-state index is 0.137. The van der Waals surface area contributed by atoms with E-state index in [1.165, 1.54) is 17.9 Å². The molecular formula is C23H37N3O7S3. The third kappa shape index (κ3) is 10.5. The van der Waals surface area contributed by atoms with Gasteiger partial charge in [0.15, 0.2) is 0 Å². The van der Waals surface area contributed by atoms with E-state index in [0.29, 0.717) is 24.3 Å². The highest BCUT2D eigenvalue weighted by Gasteiger charge is 2.34. The van der Waals surface area contributed by atoms with E-state index < -0.39 is 54.0 Å². The van der Waals surface area contributed by atoms with E-state index in [0.717, 1.165) is 17.8 Å². The van der Waals surface area contributed by atoms with E-state index in [1.807, 2.05) is 19.9 Å². The molecule has 0 aromatic carbocycles. The summed E-state index contributed by atoms with van der Waals surface area (Å²) in [4.78, 5) is 52.1. The molecule has 36 heavy (non-hydrogen) atoms. The zero-order chi connectivity index (χ0) is 26.5. The van der Waals surface area contributed by atoms with Gasteiger partial charge in [0.2, 0.25) is 17.7 Å². The molecule has 0 radical (unpaired) electrons. The van der Waals surface area contributed by atoms with Gasteiger partial charge in [0, 0.05) is 17.3 Å². The van der Waals surface area contributed by atoms with Gasteiger partial charge in [-0.1, -0.05) is 47.9 Å². The molecule has 0 aliphatic carbocycles. The molecule has 0 spiro atoms. The van der Waals surface area contributed by atoms with Crippen LogP contribution in [0.2, 0.25) is 0 Å². The Hall–Kier alpha value is -1.41. The molecule has 0 aromatic rings. The molecule has 3 amide bonds. The maximum Gasteiger partial charge on any atom is 0.309 e. The fourth-order valence-corrected chi connectivity index (χ4v) is 6.40. The number of hydrogen-bond acceptors (Lipinski definition) is 10. The van der Waals surface area contributed by atoms with Crippen LogP contribution in [0.3, 0.4) is 0 Å². The first-order valence-electron chi connectivity index (χ1n) is 12.1. The maximum atomic E-state index is 13.3. The van der Waals surface area contributed by atoms with Gasteiger partial charge in [-0.15, -0.1) is 0 Å². The van der Waals surface area contributed by atoms with Crippen LogP contribution in [0.25, 0.3) is 0 Å². The lowest BCUT2D eigenvalue weighted by atomic mass is 9.92. The molecule has 13 heteroatoms. The second kappa shape index (κ2) is 16.4. The minimum Gasteiger partial charge on any atom is -0.457 e. The summed E-state index contributed by atoms with van der Waals surface area (Å²) in [6.45, 7) is 3.80. The van der Waals surface area contributed by atoms with Crippen molar-refractivity contribution in [2.45, 2.75) is 76.3 Å². The van der Waals surface area contributed by atoms with Gasteiger partial charge in [-0.05, 0) is 36.9 Å². The fraction of sp³-hybridized carbons (Fsp3) is 0.739. The number of ether oxygens (including phenoxy) is 1. The average Bonchev–Trinajstić information content (AvgIpc) is 2.83. The number of aliphatic hydroxyl groups is 1. The summed E-state index contributed by atoms with van der Waals surface area (Å²) < 4.78 is 10.5. The molecule has 2 heterocycles. The van der Waals surface area contributed by atoms with Gasteiger partial charge in [0.25, 0.3) is 0 Å². The molecule has 2 aliphatic heterocycles. The van der Waals surface area contributed by atoms with E-state index in [9.17, 15) is 24.3 Å². The predicted molar refractivity (Wildman–Crippen MR) is 143 cm³/mol. The molecule has 10 nitrogen and oxygen atoms in total. The van der Waals surface area contributed by atoms with Crippen LogP contribution in [0.1, 0.15) is 46.0 Å². The first-order valence-corrected chi connectivity index (χ1v) is 15.5. The van der Waals surface area contributed by atoms with Crippen LogP contribution in [0.15, 0.2) is 12.2 Å². The van der Waals surface area contributed by atoms with Crippen LogP contribution in [0, 0.1) is 5.92 Å². The largest absolute Gasteiger partial charge is 0.457 e. The molecule has 204 valence electrons. The summed E-state index contributed by atoms with van der Waals surface area (Å²) in [5, 5.41) is 19.2. The van der Waals surface area contributed by atoms with Gasteiger partial charge in [0.1, 0.15) is 18.2 Å². The number of aliphatic hydroxyl groups excluding tert-OH is 1. The lowest BCUT2D eigenvalue weighted by Gasteiger charge is -2.31. The first-order chi connectivity index (χ1) is 17.2. The van der Waals surface area contributed by atoms with E-state index in [4.69, 9.17) is 8.92 Å². The topological polar surface area (TPSA) is 143 Å². The monoisotopic (exact) mass is 563 g/mol.